The summed E-state index contributed by atoms with van der Waals surface area (Å²) in [5.74, 6) is 1.85. The van der Waals surface area contributed by atoms with E-state index in [2.05, 4.69) is 38.2 Å². The maximum atomic E-state index is 10.5. The van der Waals surface area contributed by atoms with Gasteiger partial charge < -0.3 is 19.2 Å². The van der Waals surface area contributed by atoms with E-state index in [1.165, 1.54) is 10.5 Å². The molecule has 1 unspecified atom stereocenters. The molecule has 3 rings (SSSR count). The minimum atomic E-state index is -0.550. The fraction of sp³-hybridized carbons (Fsp3) is 0.333. The van der Waals surface area contributed by atoms with Crippen molar-refractivity contribution < 1.29 is 19.2 Å². The first kappa shape index (κ1) is 20.3. The van der Waals surface area contributed by atoms with Gasteiger partial charge in [0.05, 0.1) is 13.7 Å². The number of likely N-dealkylation sites (N-methyl/N-ethyl adjacent to an activating group) is 1. The summed E-state index contributed by atoms with van der Waals surface area (Å²) in [7, 11) is 2.05. The van der Waals surface area contributed by atoms with E-state index >= 15 is 0 Å². The molecule has 0 saturated heterocycles. The number of aryl methyl sites for hydroxylation is 2. The number of ether oxygens (including phenoxy) is 1. The van der Waals surface area contributed by atoms with Crippen LogP contribution in [0.5, 0.6) is 0 Å². The van der Waals surface area contributed by atoms with Crippen LogP contribution in [0.4, 0.5) is 0 Å². The highest BCUT2D eigenvalue weighted by atomic mass is 16.5. The number of rotatable bonds is 9. The Morgan fingerprint density at radius 3 is 2.36 bits per heavy atom. The molecule has 0 aliphatic rings. The van der Waals surface area contributed by atoms with E-state index in [-0.39, 0.29) is 12.7 Å². The van der Waals surface area contributed by atoms with Gasteiger partial charge in [-0.15, -0.1) is 0 Å². The summed E-state index contributed by atoms with van der Waals surface area (Å²) in [5, 5.41) is 10.5. The second-order valence-electron chi connectivity index (χ2n) is 7.48. The molecule has 28 heavy (non-hydrogen) atoms. The Morgan fingerprint density at radius 1 is 0.964 bits per heavy atom. The molecule has 4 nitrogen and oxygen atoms in total. The SMILES string of the molecule is Cc1ccc(C[NH+](C)C[C@@H](O)CO[C@@H](c2ccccc2)c2ccccc2C)o1. The Labute approximate surface area is 167 Å². The smallest absolute Gasteiger partial charge is 0.158 e. The summed E-state index contributed by atoms with van der Waals surface area (Å²) >= 11 is 0. The van der Waals surface area contributed by atoms with E-state index in [1.54, 1.807) is 0 Å². The van der Waals surface area contributed by atoms with Crippen LogP contribution in [0.25, 0.3) is 0 Å². The third kappa shape index (κ3) is 5.55. The fourth-order valence-corrected chi connectivity index (χ4v) is 3.49. The molecular formula is C24H30NO3+. The molecule has 1 aromatic heterocycles. The Bertz CT molecular complexity index is 859. The first-order valence-corrected chi connectivity index (χ1v) is 9.79. The third-order valence-corrected chi connectivity index (χ3v) is 4.88. The van der Waals surface area contributed by atoms with Crippen LogP contribution in [0.2, 0.25) is 0 Å². The van der Waals surface area contributed by atoms with E-state index in [0.717, 1.165) is 29.2 Å². The van der Waals surface area contributed by atoms with Crippen molar-refractivity contribution in [3.63, 3.8) is 0 Å². The predicted molar refractivity (Wildman–Crippen MR) is 110 cm³/mol. The summed E-state index contributed by atoms with van der Waals surface area (Å²) in [6.07, 6.45) is -0.739. The molecule has 0 amide bonds. The zero-order valence-electron chi connectivity index (χ0n) is 16.9. The van der Waals surface area contributed by atoms with Gasteiger partial charge in [-0.3, -0.25) is 0 Å². The number of aliphatic hydroxyl groups is 1. The number of benzene rings is 2. The highest BCUT2D eigenvalue weighted by molar-refractivity contribution is 5.35. The Hall–Kier alpha value is -2.40. The van der Waals surface area contributed by atoms with Gasteiger partial charge in [0.15, 0.2) is 5.76 Å². The molecule has 2 N–H and O–H groups in total. The van der Waals surface area contributed by atoms with Crippen molar-refractivity contribution in [3.05, 3.63) is 94.9 Å². The van der Waals surface area contributed by atoms with E-state index in [9.17, 15) is 5.11 Å². The average molecular weight is 381 g/mol. The first-order chi connectivity index (χ1) is 13.5. The summed E-state index contributed by atoms with van der Waals surface area (Å²) in [6.45, 7) is 5.65. The Morgan fingerprint density at radius 2 is 1.68 bits per heavy atom. The quantitative estimate of drug-likeness (QED) is 0.600. The van der Waals surface area contributed by atoms with Gasteiger partial charge in [-0.25, -0.2) is 0 Å². The van der Waals surface area contributed by atoms with Crippen LogP contribution >= 0.6 is 0 Å². The van der Waals surface area contributed by atoms with Gasteiger partial charge in [-0.05, 0) is 42.7 Å². The van der Waals surface area contributed by atoms with Crippen molar-refractivity contribution in [1.82, 2.24) is 0 Å². The number of quaternary nitrogens is 1. The van der Waals surface area contributed by atoms with Gasteiger partial charge in [-0.1, -0.05) is 54.6 Å². The summed E-state index contributed by atoms with van der Waals surface area (Å²) < 4.78 is 11.9. The molecule has 3 atom stereocenters. The number of hydrogen-bond acceptors (Lipinski definition) is 3. The van der Waals surface area contributed by atoms with E-state index < -0.39 is 6.10 Å². The lowest BCUT2D eigenvalue weighted by atomic mass is 9.97. The molecule has 0 radical (unpaired) electrons. The maximum absolute atomic E-state index is 10.5. The molecule has 0 saturated carbocycles. The van der Waals surface area contributed by atoms with Crippen LogP contribution in [0.1, 0.15) is 34.3 Å². The van der Waals surface area contributed by atoms with Crippen molar-refractivity contribution in [3.8, 4) is 0 Å². The molecule has 3 aromatic rings. The molecule has 4 heteroatoms. The van der Waals surface area contributed by atoms with Crippen molar-refractivity contribution in [2.75, 3.05) is 20.2 Å². The summed E-state index contributed by atoms with van der Waals surface area (Å²) in [4.78, 5) is 1.18. The van der Waals surface area contributed by atoms with Gasteiger partial charge in [0.1, 0.15) is 31.1 Å². The largest absolute Gasteiger partial charge is 0.460 e. The van der Waals surface area contributed by atoms with Gasteiger partial charge in [0.25, 0.3) is 0 Å². The molecule has 0 aliphatic heterocycles. The first-order valence-electron chi connectivity index (χ1n) is 9.79. The molecule has 0 aliphatic carbocycles. The standard InChI is InChI=1S/C24H29NO3/c1-18-9-7-8-12-23(18)24(20-10-5-4-6-11-20)27-17-21(26)15-25(3)16-22-14-13-19(2)28-22/h4-14,21,24,26H,15-17H2,1-3H3/p+1/t21-,24+/m1/s1. The molecule has 0 spiro atoms. The fourth-order valence-electron chi connectivity index (χ4n) is 3.49. The maximum Gasteiger partial charge on any atom is 0.158 e. The zero-order chi connectivity index (χ0) is 19.9. The Kier molecular flexibility index (Phi) is 7.04. The number of hydrogen-bond donors (Lipinski definition) is 2. The Balaban J connectivity index is 1.62. The molecule has 148 valence electrons. The van der Waals surface area contributed by atoms with E-state index in [1.807, 2.05) is 49.4 Å². The summed E-state index contributed by atoms with van der Waals surface area (Å²) in [6, 6.07) is 22.4. The van der Waals surface area contributed by atoms with Crippen molar-refractivity contribution >= 4 is 0 Å². The van der Waals surface area contributed by atoms with Crippen molar-refractivity contribution in [2.45, 2.75) is 32.6 Å². The highest BCUT2D eigenvalue weighted by Crippen LogP contribution is 2.28. The lowest BCUT2D eigenvalue weighted by Gasteiger charge is -2.23. The van der Waals surface area contributed by atoms with Crippen LogP contribution < -0.4 is 4.90 Å². The van der Waals surface area contributed by atoms with Gasteiger partial charge in [0.2, 0.25) is 0 Å². The van der Waals surface area contributed by atoms with Crippen LogP contribution in [0.3, 0.4) is 0 Å². The number of aliphatic hydroxyl groups excluding tert-OH is 1. The minimum Gasteiger partial charge on any atom is -0.460 e. The molecule has 2 aromatic carbocycles. The van der Waals surface area contributed by atoms with Crippen LogP contribution in [0.15, 0.2) is 71.1 Å². The average Bonchev–Trinajstić information content (AvgIpc) is 3.08. The lowest BCUT2D eigenvalue weighted by Crippen LogP contribution is -3.08. The van der Waals surface area contributed by atoms with Gasteiger partial charge in [-0.2, -0.15) is 0 Å². The number of furan rings is 1. The number of nitrogens with one attached hydrogen (secondary N) is 1. The normalized spacial score (nSPS) is 14.6. The van der Waals surface area contributed by atoms with Crippen molar-refractivity contribution in [2.24, 2.45) is 0 Å². The second-order valence-corrected chi connectivity index (χ2v) is 7.48. The van der Waals surface area contributed by atoms with Gasteiger partial charge >= 0.3 is 0 Å². The second kappa shape index (κ2) is 9.69. The highest BCUT2D eigenvalue weighted by Gasteiger charge is 2.20. The molecule has 0 bridgehead atoms. The molecule has 0 fully saturated rings. The van der Waals surface area contributed by atoms with Crippen LogP contribution in [-0.4, -0.2) is 31.4 Å². The predicted octanol–water partition coefficient (Wildman–Crippen LogP) is 3.08. The lowest BCUT2D eigenvalue weighted by molar-refractivity contribution is -0.898. The summed E-state index contributed by atoms with van der Waals surface area (Å²) in [5.41, 5.74) is 3.41. The zero-order valence-corrected chi connectivity index (χ0v) is 16.9. The molecular weight excluding hydrogens is 350 g/mol. The van der Waals surface area contributed by atoms with E-state index in [0.29, 0.717) is 6.54 Å². The van der Waals surface area contributed by atoms with E-state index in [4.69, 9.17) is 9.15 Å². The third-order valence-electron chi connectivity index (χ3n) is 4.88. The van der Waals surface area contributed by atoms with Gasteiger partial charge in [0, 0.05) is 0 Å². The van der Waals surface area contributed by atoms with Crippen LogP contribution in [0, 0.1) is 13.8 Å². The van der Waals surface area contributed by atoms with Crippen molar-refractivity contribution in [1.29, 1.82) is 0 Å². The monoisotopic (exact) mass is 380 g/mol. The minimum absolute atomic E-state index is 0.190. The van der Waals surface area contributed by atoms with Crippen LogP contribution in [-0.2, 0) is 11.3 Å². The molecule has 1 heterocycles. The topological polar surface area (TPSA) is 47.0 Å².